The molecule has 0 heterocycles. The Morgan fingerprint density at radius 1 is 1.60 bits per heavy atom. The first-order valence-corrected chi connectivity index (χ1v) is 4.81. The van der Waals surface area contributed by atoms with Crippen LogP contribution in [-0.4, -0.2) is 31.3 Å². The Kier molecular flexibility index (Phi) is 7.58. The molecule has 0 aromatic carbocycles. The lowest BCUT2D eigenvalue weighted by atomic mass is 10.3. The molecule has 2 N–H and O–H groups in total. The van der Waals surface area contributed by atoms with Crippen molar-refractivity contribution in [3.05, 3.63) is 0 Å². The van der Waals surface area contributed by atoms with Crippen LogP contribution in [0.3, 0.4) is 0 Å². The monoisotopic (exact) mass is 163 g/mol. The van der Waals surface area contributed by atoms with Gasteiger partial charge in [0, 0.05) is 25.2 Å². The summed E-state index contributed by atoms with van der Waals surface area (Å²) in [6.45, 7) is 2.90. The van der Waals surface area contributed by atoms with Crippen molar-refractivity contribution in [3.8, 4) is 0 Å². The van der Waals surface area contributed by atoms with Crippen molar-refractivity contribution >= 4 is 11.8 Å². The summed E-state index contributed by atoms with van der Waals surface area (Å²) in [6.07, 6.45) is 1.50. The normalized spacial score (nSPS) is 13.5. The van der Waals surface area contributed by atoms with E-state index >= 15 is 0 Å². The van der Waals surface area contributed by atoms with Crippen LogP contribution in [0.15, 0.2) is 0 Å². The van der Waals surface area contributed by atoms with E-state index in [-0.39, 0.29) is 0 Å². The molecule has 1 atom stereocenters. The zero-order chi connectivity index (χ0) is 7.82. The summed E-state index contributed by atoms with van der Waals surface area (Å²) >= 11 is 1.86. The highest BCUT2D eigenvalue weighted by Crippen LogP contribution is 2.06. The number of nitrogens with two attached hydrogens (primary N) is 1. The quantitative estimate of drug-likeness (QED) is 0.596. The van der Waals surface area contributed by atoms with Crippen molar-refractivity contribution in [3.63, 3.8) is 0 Å². The standard InChI is InChI=1S/C7H17NOS/c1-3-7(9-2)6-10-5-4-8/h7H,3-6,8H2,1-2H3. The SMILES string of the molecule is CCC(CSCCN)OC. The minimum Gasteiger partial charge on any atom is -0.381 e. The molecular weight excluding hydrogens is 146 g/mol. The van der Waals surface area contributed by atoms with Gasteiger partial charge in [-0.2, -0.15) is 11.8 Å². The summed E-state index contributed by atoms with van der Waals surface area (Å²) in [6, 6.07) is 0. The lowest BCUT2D eigenvalue weighted by molar-refractivity contribution is 0.119. The molecule has 0 saturated carbocycles. The minimum absolute atomic E-state index is 0.413. The van der Waals surface area contributed by atoms with Gasteiger partial charge in [0.25, 0.3) is 0 Å². The molecule has 1 unspecified atom stereocenters. The smallest absolute Gasteiger partial charge is 0.0659 e. The number of methoxy groups -OCH3 is 1. The number of ether oxygens (including phenoxy) is 1. The van der Waals surface area contributed by atoms with Crippen LogP contribution in [0, 0.1) is 0 Å². The second kappa shape index (κ2) is 7.38. The topological polar surface area (TPSA) is 35.2 Å². The van der Waals surface area contributed by atoms with Crippen LogP contribution in [0.4, 0.5) is 0 Å². The van der Waals surface area contributed by atoms with Crippen molar-refractivity contribution in [2.75, 3.05) is 25.2 Å². The molecule has 0 aliphatic heterocycles. The van der Waals surface area contributed by atoms with E-state index in [0.717, 1.165) is 24.5 Å². The maximum absolute atomic E-state index is 5.34. The molecule has 0 spiro atoms. The van der Waals surface area contributed by atoms with E-state index in [9.17, 15) is 0 Å². The lowest BCUT2D eigenvalue weighted by Crippen LogP contribution is -2.13. The average molecular weight is 163 g/mol. The van der Waals surface area contributed by atoms with E-state index in [1.54, 1.807) is 7.11 Å². The summed E-state index contributed by atoms with van der Waals surface area (Å²) in [4.78, 5) is 0. The first kappa shape index (κ1) is 10.3. The molecule has 0 fully saturated rings. The van der Waals surface area contributed by atoms with E-state index < -0.39 is 0 Å². The fourth-order valence-corrected chi connectivity index (χ4v) is 1.62. The van der Waals surface area contributed by atoms with Crippen molar-refractivity contribution in [1.29, 1.82) is 0 Å². The molecule has 0 aliphatic rings. The molecule has 0 aliphatic carbocycles. The Hall–Kier alpha value is 0.270. The molecule has 0 amide bonds. The van der Waals surface area contributed by atoms with E-state index in [1.165, 1.54) is 0 Å². The van der Waals surface area contributed by atoms with Crippen molar-refractivity contribution in [2.45, 2.75) is 19.4 Å². The molecule has 0 saturated heterocycles. The third-order valence-corrected chi connectivity index (χ3v) is 2.49. The Morgan fingerprint density at radius 3 is 2.70 bits per heavy atom. The fraction of sp³-hybridized carbons (Fsp3) is 1.00. The second-order valence-corrected chi connectivity index (χ2v) is 3.28. The van der Waals surface area contributed by atoms with Gasteiger partial charge in [0.2, 0.25) is 0 Å². The zero-order valence-corrected chi connectivity index (χ0v) is 7.62. The first-order chi connectivity index (χ1) is 4.85. The fourth-order valence-electron chi connectivity index (χ4n) is 0.651. The van der Waals surface area contributed by atoms with Gasteiger partial charge < -0.3 is 10.5 Å². The van der Waals surface area contributed by atoms with Gasteiger partial charge in [-0.3, -0.25) is 0 Å². The third kappa shape index (κ3) is 5.09. The van der Waals surface area contributed by atoms with Crippen LogP contribution < -0.4 is 5.73 Å². The van der Waals surface area contributed by atoms with Crippen LogP contribution in [-0.2, 0) is 4.74 Å². The van der Waals surface area contributed by atoms with E-state index in [0.29, 0.717) is 6.10 Å². The molecule has 0 aromatic rings. The molecule has 2 nitrogen and oxygen atoms in total. The molecule has 0 aromatic heterocycles. The van der Waals surface area contributed by atoms with Gasteiger partial charge in [0.15, 0.2) is 0 Å². The highest BCUT2D eigenvalue weighted by atomic mass is 32.2. The second-order valence-electron chi connectivity index (χ2n) is 2.13. The molecule has 62 valence electrons. The average Bonchev–Trinajstić information content (AvgIpc) is 1.99. The maximum Gasteiger partial charge on any atom is 0.0659 e. The summed E-state index contributed by atoms with van der Waals surface area (Å²) in [7, 11) is 1.76. The van der Waals surface area contributed by atoms with Gasteiger partial charge >= 0.3 is 0 Å². The highest BCUT2D eigenvalue weighted by molar-refractivity contribution is 7.99. The summed E-state index contributed by atoms with van der Waals surface area (Å²) in [5.74, 6) is 2.12. The molecule has 0 radical (unpaired) electrons. The molecule has 0 bridgehead atoms. The first-order valence-electron chi connectivity index (χ1n) is 3.65. The van der Waals surface area contributed by atoms with Crippen LogP contribution in [0.1, 0.15) is 13.3 Å². The van der Waals surface area contributed by atoms with Gasteiger partial charge in [0.05, 0.1) is 6.10 Å². The summed E-state index contributed by atoms with van der Waals surface area (Å²) < 4.78 is 5.18. The van der Waals surface area contributed by atoms with Gasteiger partial charge in [-0.1, -0.05) is 6.92 Å². The summed E-state index contributed by atoms with van der Waals surface area (Å²) in [5.41, 5.74) is 5.34. The number of thioether (sulfide) groups is 1. The predicted molar refractivity (Wildman–Crippen MR) is 47.5 cm³/mol. The predicted octanol–water partition coefficient (Wildman–Crippen LogP) is 1.10. The number of rotatable bonds is 6. The van der Waals surface area contributed by atoms with Crippen molar-refractivity contribution < 1.29 is 4.74 Å². The number of hydrogen-bond acceptors (Lipinski definition) is 3. The van der Waals surface area contributed by atoms with E-state index in [1.807, 2.05) is 11.8 Å². The molecule has 10 heavy (non-hydrogen) atoms. The Balaban J connectivity index is 3.09. The largest absolute Gasteiger partial charge is 0.381 e. The van der Waals surface area contributed by atoms with Crippen LogP contribution in [0.2, 0.25) is 0 Å². The van der Waals surface area contributed by atoms with Crippen LogP contribution >= 0.6 is 11.8 Å². The van der Waals surface area contributed by atoms with Crippen molar-refractivity contribution in [2.24, 2.45) is 5.73 Å². The lowest BCUT2D eigenvalue weighted by Gasteiger charge is -2.11. The Labute approximate surface area is 67.5 Å². The van der Waals surface area contributed by atoms with Gasteiger partial charge in [-0.25, -0.2) is 0 Å². The number of hydrogen-bond donors (Lipinski definition) is 1. The highest BCUT2D eigenvalue weighted by Gasteiger charge is 2.02. The maximum atomic E-state index is 5.34. The third-order valence-electron chi connectivity index (χ3n) is 1.35. The van der Waals surface area contributed by atoms with Crippen LogP contribution in [0.5, 0.6) is 0 Å². The zero-order valence-electron chi connectivity index (χ0n) is 6.80. The van der Waals surface area contributed by atoms with Crippen LogP contribution in [0.25, 0.3) is 0 Å². The van der Waals surface area contributed by atoms with Gasteiger partial charge in [-0.15, -0.1) is 0 Å². The van der Waals surface area contributed by atoms with Gasteiger partial charge in [-0.05, 0) is 6.42 Å². The summed E-state index contributed by atoms with van der Waals surface area (Å²) in [5, 5.41) is 0. The van der Waals surface area contributed by atoms with Gasteiger partial charge in [0.1, 0.15) is 0 Å². The van der Waals surface area contributed by atoms with Crippen molar-refractivity contribution in [1.82, 2.24) is 0 Å². The molecular formula is C7H17NOS. The Bertz CT molecular complexity index is 66.6. The van der Waals surface area contributed by atoms with E-state index in [4.69, 9.17) is 10.5 Å². The minimum atomic E-state index is 0.413. The Morgan fingerprint density at radius 2 is 2.30 bits per heavy atom. The molecule has 3 heteroatoms. The molecule has 0 rings (SSSR count). The van der Waals surface area contributed by atoms with E-state index in [2.05, 4.69) is 6.92 Å².